The van der Waals surface area contributed by atoms with Crippen molar-refractivity contribution in [2.24, 2.45) is 5.92 Å². The van der Waals surface area contributed by atoms with Crippen LogP contribution in [0.3, 0.4) is 0 Å². The maximum Gasteiger partial charge on any atom is 0.202 e. The molecular weight excluding hydrogens is 274 g/mol. The molecule has 5 nitrogen and oxygen atoms in total. The third-order valence-electron chi connectivity index (χ3n) is 2.70. The number of hydrogen-bond acceptors (Lipinski definition) is 6. The van der Waals surface area contributed by atoms with Gasteiger partial charge in [-0.15, -0.1) is 0 Å². The second kappa shape index (κ2) is 6.56. The SMILES string of the molecule is COc1cc(OC)cc(-c2nsc(NCC(C)C)n2)c1. The lowest BCUT2D eigenvalue weighted by Crippen LogP contribution is -2.07. The Hall–Kier alpha value is -1.82. The predicted octanol–water partition coefficient (Wildman–Crippen LogP) is 3.29. The largest absolute Gasteiger partial charge is 0.497 e. The lowest BCUT2D eigenvalue weighted by molar-refractivity contribution is 0.394. The normalized spacial score (nSPS) is 10.7. The summed E-state index contributed by atoms with van der Waals surface area (Å²) in [5.74, 6) is 2.70. The molecule has 2 rings (SSSR count). The summed E-state index contributed by atoms with van der Waals surface area (Å²) in [6, 6.07) is 5.63. The van der Waals surface area contributed by atoms with Crippen molar-refractivity contribution < 1.29 is 9.47 Å². The smallest absolute Gasteiger partial charge is 0.202 e. The molecule has 0 fully saturated rings. The van der Waals surface area contributed by atoms with E-state index in [9.17, 15) is 0 Å². The molecule has 108 valence electrons. The molecule has 0 saturated carbocycles. The van der Waals surface area contributed by atoms with Gasteiger partial charge in [-0.3, -0.25) is 0 Å². The van der Waals surface area contributed by atoms with E-state index in [1.165, 1.54) is 11.5 Å². The number of benzene rings is 1. The van der Waals surface area contributed by atoms with Gasteiger partial charge >= 0.3 is 0 Å². The molecule has 0 unspecified atom stereocenters. The number of anilines is 1. The molecule has 0 aliphatic rings. The summed E-state index contributed by atoms with van der Waals surface area (Å²) in [7, 11) is 3.26. The van der Waals surface area contributed by atoms with Gasteiger partial charge in [0, 0.05) is 29.7 Å². The monoisotopic (exact) mass is 293 g/mol. The maximum atomic E-state index is 5.26. The van der Waals surface area contributed by atoms with Crippen LogP contribution in [0.15, 0.2) is 18.2 Å². The molecule has 0 bridgehead atoms. The molecule has 0 amide bonds. The minimum Gasteiger partial charge on any atom is -0.497 e. The van der Waals surface area contributed by atoms with E-state index in [2.05, 4.69) is 28.5 Å². The molecule has 0 aliphatic heterocycles. The number of nitrogens with zero attached hydrogens (tertiary/aromatic N) is 2. The molecule has 0 atom stereocenters. The summed E-state index contributed by atoms with van der Waals surface area (Å²) in [5, 5.41) is 4.10. The predicted molar refractivity (Wildman–Crippen MR) is 81.8 cm³/mol. The molecule has 0 aliphatic carbocycles. The molecule has 1 N–H and O–H groups in total. The van der Waals surface area contributed by atoms with Crippen molar-refractivity contribution in [2.75, 3.05) is 26.1 Å². The van der Waals surface area contributed by atoms with E-state index in [1.54, 1.807) is 14.2 Å². The Morgan fingerprint density at radius 2 is 1.80 bits per heavy atom. The zero-order chi connectivity index (χ0) is 14.5. The number of aromatic nitrogens is 2. The first kappa shape index (κ1) is 14.6. The van der Waals surface area contributed by atoms with Crippen LogP contribution in [0.1, 0.15) is 13.8 Å². The molecular formula is C14H19N3O2S. The molecule has 0 radical (unpaired) electrons. The van der Waals surface area contributed by atoms with Crippen LogP contribution in [0, 0.1) is 5.92 Å². The number of rotatable bonds is 6. The van der Waals surface area contributed by atoms with E-state index in [4.69, 9.17) is 9.47 Å². The first-order valence-corrected chi connectivity index (χ1v) is 7.20. The van der Waals surface area contributed by atoms with E-state index in [-0.39, 0.29) is 0 Å². The average Bonchev–Trinajstić information content (AvgIpc) is 2.93. The first-order chi connectivity index (χ1) is 9.62. The van der Waals surface area contributed by atoms with Gasteiger partial charge in [-0.25, -0.2) is 0 Å². The van der Waals surface area contributed by atoms with Crippen molar-refractivity contribution in [3.63, 3.8) is 0 Å². The van der Waals surface area contributed by atoms with Crippen LogP contribution in [0.5, 0.6) is 11.5 Å². The maximum absolute atomic E-state index is 5.26. The van der Waals surface area contributed by atoms with E-state index in [0.717, 1.165) is 28.7 Å². The van der Waals surface area contributed by atoms with Gasteiger partial charge < -0.3 is 14.8 Å². The van der Waals surface area contributed by atoms with Gasteiger partial charge in [0.05, 0.1) is 14.2 Å². The Bertz CT molecular complexity index is 547. The highest BCUT2D eigenvalue weighted by Crippen LogP contribution is 2.29. The molecule has 2 aromatic rings. The first-order valence-electron chi connectivity index (χ1n) is 6.43. The minimum atomic E-state index is 0.569. The fraction of sp³-hybridized carbons (Fsp3) is 0.429. The van der Waals surface area contributed by atoms with Gasteiger partial charge in [0.15, 0.2) is 5.82 Å². The molecule has 0 spiro atoms. The quantitative estimate of drug-likeness (QED) is 0.885. The summed E-state index contributed by atoms with van der Waals surface area (Å²) in [4.78, 5) is 4.49. The van der Waals surface area contributed by atoms with Crippen LogP contribution in [0.4, 0.5) is 5.13 Å². The number of nitrogens with one attached hydrogen (secondary N) is 1. The lowest BCUT2D eigenvalue weighted by atomic mass is 10.2. The molecule has 20 heavy (non-hydrogen) atoms. The molecule has 6 heteroatoms. The Morgan fingerprint density at radius 3 is 2.35 bits per heavy atom. The highest BCUT2D eigenvalue weighted by Gasteiger charge is 2.10. The van der Waals surface area contributed by atoms with Crippen LogP contribution in [0.2, 0.25) is 0 Å². The number of ether oxygens (including phenoxy) is 2. The van der Waals surface area contributed by atoms with Crippen molar-refractivity contribution in [1.82, 2.24) is 9.36 Å². The topological polar surface area (TPSA) is 56.3 Å². The third kappa shape index (κ3) is 3.60. The van der Waals surface area contributed by atoms with E-state index >= 15 is 0 Å². The van der Waals surface area contributed by atoms with Gasteiger partial charge in [0.1, 0.15) is 11.5 Å². The van der Waals surface area contributed by atoms with Gasteiger partial charge in [0.25, 0.3) is 0 Å². The van der Waals surface area contributed by atoms with Crippen LogP contribution in [-0.4, -0.2) is 30.1 Å². The minimum absolute atomic E-state index is 0.569. The Morgan fingerprint density at radius 1 is 1.15 bits per heavy atom. The lowest BCUT2D eigenvalue weighted by Gasteiger charge is -2.06. The summed E-state index contributed by atoms with van der Waals surface area (Å²) in [6.07, 6.45) is 0. The Balaban J connectivity index is 2.22. The highest BCUT2D eigenvalue weighted by atomic mass is 32.1. The van der Waals surface area contributed by atoms with Gasteiger partial charge in [-0.1, -0.05) is 13.8 Å². The Kier molecular flexibility index (Phi) is 4.79. The molecule has 1 heterocycles. The van der Waals surface area contributed by atoms with Gasteiger partial charge in [-0.2, -0.15) is 9.36 Å². The van der Waals surface area contributed by atoms with Crippen LogP contribution >= 0.6 is 11.5 Å². The fourth-order valence-corrected chi connectivity index (χ4v) is 2.23. The summed E-state index contributed by atoms with van der Waals surface area (Å²) in [5.41, 5.74) is 0.884. The third-order valence-corrected chi connectivity index (χ3v) is 3.37. The number of methoxy groups -OCH3 is 2. The second-order valence-corrected chi connectivity index (χ2v) is 5.55. The van der Waals surface area contributed by atoms with Gasteiger partial charge in [-0.05, 0) is 18.1 Å². The fourth-order valence-electron chi connectivity index (χ4n) is 1.64. The van der Waals surface area contributed by atoms with Crippen molar-refractivity contribution in [2.45, 2.75) is 13.8 Å². The van der Waals surface area contributed by atoms with Crippen molar-refractivity contribution in [1.29, 1.82) is 0 Å². The number of hydrogen-bond donors (Lipinski definition) is 1. The van der Waals surface area contributed by atoms with E-state index in [1.807, 2.05) is 18.2 Å². The van der Waals surface area contributed by atoms with Crippen LogP contribution in [-0.2, 0) is 0 Å². The zero-order valence-electron chi connectivity index (χ0n) is 12.1. The highest BCUT2D eigenvalue weighted by molar-refractivity contribution is 7.09. The van der Waals surface area contributed by atoms with E-state index in [0.29, 0.717) is 11.7 Å². The van der Waals surface area contributed by atoms with Gasteiger partial charge in [0.2, 0.25) is 5.13 Å². The summed E-state index contributed by atoms with van der Waals surface area (Å²) < 4.78 is 14.9. The van der Waals surface area contributed by atoms with E-state index < -0.39 is 0 Å². The van der Waals surface area contributed by atoms with Crippen molar-refractivity contribution >= 4 is 16.7 Å². The Labute approximate surface area is 123 Å². The molecule has 1 aromatic carbocycles. The van der Waals surface area contributed by atoms with Crippen LogP contribution < -0.4 is 14.8 Å². The van der Waals surface area contributed by atoms with Crippen molar-refractivity contribution in [3.8, 4) is 22.9 Å². The molecule has 1 aromatic heterocycles. The van der Waals surface area contributed by atoms with Crippen molar-refractivity contribution in [3.05, 3.63) is 18.2 Å². The average molecular weight is 293 g/mol. The summed E-state index contributed by atoms with van der Waals surface area (Å²) in [6.45, 7) is 5.19. The standard InChI is InChI=1S/C14H19N3O2S/c1-9(2)8-15-14-16-13(17-20-14)10-5-11(18-3)7-12(6-10)19-4/h5-7,9H,8H2,1-4H3,(H,15,16,17). The summed E-state index contributed by atoms with van der Waals surface area (Å²) >= 11 is 1.36. The second-order valence-electron chi connectivity index (χ2n) is 4.80. The van der Waals surface area contributed by atoms with Crippen LogP contribution in [0.25, 0.3) is 11.4 Å². The molecule has 0 saturated heterocycles. The zero-order valence-corrected chi connectivity index (χ0v) is 13.0.